The van der Waals surface area contributed by atoms with Crippen molar-refractivity contribution in [2.24, 2.45) is 0 Å². The van der Waals surface area contributed by atoms with Gasteiger partial charge in [0.25, 0.3) is 5.91 Å². The third-order valence-corrected chi connectivity index (χ3v) is 5.03. The van der Waals surface area contributed by atoms with E-state index in [4.69, 9.17) is 0 Å². The average molecular weight is 407 g/mol. The number of rotatable bonds is 5. The highest BCUT2D eigenvalue weighted by Crippen LogP contribution is 2.45. The third-order valence-electron chi connectivity index (χ3n) is 5.03. The highest BCUT2D eigenvalue weighted by molar-refractivity contribution is 6.15. The summed E-state index contributed by atoms with van der Waals surface area (Å²) in [4.78, 5) is 14.6. The summed E-state index contributed by atoms with van der Waals surface area (Å²) in [5, 5.41) is 10.8. The molecule has 30 heavy (non-hydrogen) atoms. The van der Waals surface area contributed by atoms with Gasteiger partial charge in [0.05, 0.1) is 6.04 Å². The third kappa shape index (κ3) is 3.64. The normalized spacial score (nSPS) is 16.5. The van der Waals surface area contributed by atoms with E-state index >= 15 is 0 Å². The lowest BCUT2D eigenvalue weighted by molar-refractivity contribution is -0.117. The predicted molar refractivity (Wildman–Crippen MR) is 110 cm³/mol. The molecule has 1 heterocycles. The lowest BCUT2D eigenvalue weighted by Gasteiger charge is -2.27. The Kier molecular flexibility index (Phi) is 5.23. The summed E-state index contributed by atoms with van der Waals surface area (Å²) in [6.07, 6.45) is 0. The molecule has 1 amide bonds. The van der Waals surface area contributed by atoms with Crippen molar-refractivity contribution in [3.63, 3.8) is 0 Å². The summed E-state index contributed by atoms with van der Waals surface area (Å²) in [5.41, 5.74) is 3.49. The number of aliphatic hydroxyl groups is 1. The molecule has 0 radical (unpaired) electrons. The van der Waals surface area contributed by atoms with Crippen LogP contribution < -0.4 is 9.64 Å². The Hall–Kier alpha value is -3.67. The van der Waals surface area contributed by atoms with Gasteiger partial charge in [-0.3, -0.25) is 9.69 Å². The summed E-state index contributed by atoms with van der Waals surface area (Å²) >= 11 is 0. The van der Waals surface area contributed by atoms with Crippen molar-refractivity contribution in [3.05, 3.63) is 101 Å². The fraction of sp³-hybridized carbons (Fsp3) is 0.125. The maximum absolute atomic E-state index is 13.1. The Morgan fingerprint density at radius 2 is 1.57 bits per heavy atom. The summed E-state index contributed by atoms with van der Waals surface area (Å²) in [6.45, 7) is -0.975. The van der Waals surface area contributed by atoms with Crippen molar-refractivity contribution in [1.29, 1.82) is 0 Å². The van der Waals surface area contributed by atoms with Crippen LogP contribution in [0, 0.1) is 6.92 Å². The summed E-state index contributed by atoms with van der Waals surface area (Å²) < 4.78 is 29.5. The maximum atomic E-state index is 13.1. The number of nitrogens with zero attached hydrogens (tertiary/aromatic N) is 1. The summed E-state index contributed by atoms with van der Waals surface area (Å²) in [6, 6.07) is 22.0. The van der Waals surface area contributed by atoms with Crippen LogP contribution in [0.15, 0.2) is 84.6 Å². The first-order valence-corrected chi connectivity index (χ1v) is 9.39. The second-order valence-corrected chi connectivity index (χ2v) is 6.99. The van der Waals surface area contributed by atoms with E-state index < -0.39 is 18.6 Å². The van der Waals surface area contributed by atoms with Gasteiger partial charge in [-0.25, -0.2) is 0 Å². The number of halogens is 2. The number of benzene rings is 3. The molecule has 0 saturated carbocycles. The van der Waals surface area contributed by atoms with Crippen molar-refractivity contribution in [2.75, 3.05) is 4.90 Å². The molecule has 0 fully saturated rings. The molecule has 0 unspecified atom stereocenters. The molecule has 0 saturated heterocycles. The first-order valence-electron chi connectivity index (χ1n) is 9.39. The fourth-order valence-corrected chi connectivity index (χ4v) is 3.64. The molecule has 4 rings (SSSR count). The van der Waals surface area contributed by atoms with Crippen LogP contribution >= 0.6 is 0 Å². The van der Waals surface area contributed by atoms with Gasteiger partial charge in [0, 0.05) is 11.3 Å². The van der Waals surface area contributed by atoms with Crippen LogP contribution in [0.4, 0.5) is 14.5 Å². The second-order valence-electron chi connectivity index (χ2n) is 6.99. The monoisotopic (exact) mass is 407 g/mol. The number of aryl methyl sites for hydroxylation is 1. The van der Waals surface area contributed by atoms with Crippen LogP contribution in [-0.4, -0.2) is 17.6 Å². The van der Waals surface area contributed by atoms with Crippen LogP contribution in [0.25, 0.3) is 5.57 Å². The van der Waals surface area contributed by atoms with Gasteiger partial charge >= 0.3 is 6.61 Å². The van der Waals surface area contributed by atoms with Crippen LogP contribution in [0.5, 0.6) is 5.75 Å². The van der Waals surface area contributed by atoms with Gasteiger partial charge in [-0.1, -0.05) is 60.2 Å². The van der Waals surface area contributed by atoms with Crippen LogP contribution in [0.1, 0.15) is 22.7 Å². The number of hydrogen-bond donors (Lipinski definition) is 1. The zero-order valence-electron chi connectivity index (χ0n) is 16.1. The second kappa shape index (κ2) is 7.99. The van der Waals surface area contributed by atoms with E-state index in [-0.39, 0.29) is 11.5 Å². The quantitative estimate of drug-likeness (QED) is 0.594. The number of alkyl halides is 2. The van der Waals surface area contributed by atoms with Gasteiger partial charge in [-0.15, -0.1) is 0 Å². The van der Waals surface area contributed by atoms with E-state index in [1.165, 1.54) is 17.0 Å². The number of ether oxygens (including phenoxy) is 1. The molecule has 1 aliphatic rings. The number of carbonyl (C=O) groups excluding carboxylic acids is 1. The molecular formula is C24H19F2NO3. The minimum atomic E-state index is -2.92. The SMILES string of the molecule is Cc1ccc(N2C(=O)C(O)=C(c3ccccc3)[C@H]2c2ccc(OC(F)F)cc2)cc1. The van der Waals surface area contributed by atoms with Crippen molar-refractivity contribution >= 4 is 17.2 Å². The first-order chi connectivity index (χ1) is 14.5. The minimum Gasteiger partial charge on any atom is -0.503 e. The van der Waals surface area contributed by atoms with Gasteiger partial charge in [0.15, 0.2) is 5.76 Å². The largest absolute Gasteiger partial charge is 0.503 e. The highest BCUT2D eigenvalue weighted by Gasteiger charge is 2.41. The fourth-order valence-electron chi connectivity index (χ4n) is 3.64. The molecule has 3 aromatic rings. The van der Waals surface area contributed by atoms with Gasteiger partial charge in [0.1, 0.15) is 5.75 Å². The molecule has 0 aliphatic carbocycles. The summed E-state index contributed by atoms with van der Waals surface area (Å²) in [7, 11) is 0. The Balaban J connectivity index is 1.83. The first kappa shape index (κ1) is 19.6. The number of hydrogen-bond acceptors (Lipinski definition) is 3. The van der Waals surface area contributed by atoms with Crippen LogP contribution in [-0.2, 0) is 4.79 Å². The zero-order chi connectivity index (χ0) is 21.3. The highest BCUT2D eigenvalue weighted by atomic mass is 19.3. The van der Waals surface area contributed by atoms with Gasteiger partial charge in [-0.05, 0) is 42.3 Å². The van der Waals surface area contributed by atoms with Crippen LogP contribution in [0.2, 0.25) is 0 Å². The minimum absolute atomic E-state index is 0.0226. The molecule has 6 heteroatoms. The molecule has 1 aliphatic heterocycles. The molecular weight excluding hydrogens is 388 g/mol. The molecule has 152 valence electrons. The van der Waals surface area contributed by atoms with Crippen molar-refractivity contribution in [1.82, 2.24) is 0 Å². The Morgan fingerprint density at radius 3 is 2.17 bits per heavy atom. The number of amides is 1. The Bertz CT molecular complexity index is 1080. The van der Waals surface area contributed by atoms with Crippen molar-refractivity contribution < 1.29 is 23.4 Å². The molecule has 4 nitrogen and oxygen atoms in total. The Morgan fingerprint density at radius 1 is 0.933 bits per heavy atom. The Labute approximate surface area is 172 Å². The van der Waals surface area contributed by atoms with Gasteiger partial charge < -0.3 is 9.84 Å². The smallest absolute Gasteiger partial charge is 0.387 e. The van der Waals surface area contributed by atoms with Crippen molar-refractivity contribution in [2.45, 2.75) is 19.6 Å². The lowest BCUT2D eigenvalue weighted by atomic mass is 9.93. The van der Waals surface area contributed by atoms with E-state index in [9.17, 15) is 18.7 Å². The number of aliphatic hydroxyl groups excluding tert-OH is 1. The predicted octanol–water partition coefficient (Wildman–Crippen LogP) is 5.65. The number of anilines is 1. The molecule has 0 spiro atoms. The van der Waals surface area contributed by atoms with E-state index in [1.54, 1.807) is 12.1 Å². The van der Waals surface area contributed by atoms with Gasteiger partial charge in [0.2, 0.25) is 0 Å². The molecule has 0 bridgehead atoms. The maximum Gasteiger partial charge on any atom is 0.387 e. The standard InChI is InChI=1S/C24H19F2NO3/c1-15-7-11-18(12-8-15)27-21(17-9-13-19(14-10-17)30-24(25)26)20(22(28)23(27)29)16-5-3-2-4-6-16/h2-14,21,24,28H,1H3/t21-/m1/s1. The molecule has 3 aromatic carbocycles. The molecule has 1 N–H and O–H groups in total. The average Bonchev–Trinajstić information content (AvgIpc) is 3.00. The van der Waals surface area contributed by atoms with Crippen molar-refractivity contribution in [3.8, 4) is 5.75 Å². The topological polar surface area (TPSA) is 49.8 Å². The zero-order valence-corrected chi connectivity index (χ0v) is 16.1. The van der Waals surface area contributed by atoms with E-state index in [1.807, 2.05) is 61.5 Å². The number of carbonyl (C=O) groups is 1. The van der Waals surface area contributed by atoms with E-state index in [0.717, 1.165) is 5.56 Å². The van der Waals surface area contributed by atoms with E-state index in [0.29, 0.717) is 22.4 Å². The molecule has 0 aromatic heterocycles. The van der Waals surface area contributed by atoms with Crippen LogP contribution in [0.3, 0.4) is 0 Å². The van der Waals surface area contributed by atoms with Gasteiger partial charge in [-0.2, -0.15) is 8.78 Å². The molecule has 1 atom stereocenters. The van der Waals surface area contributed by atoms with E-state index in [2.05, 4.69) is 4.74 Å². The lowest BCUT2D eigenvalue weighted by Crippen LogP contribution is -2.30. The summed E-state index contributed by atoms with van der Waals surface area (Å²) in [5.74, 6) is -0.829.